The number of rotatable bonds is 3. The Morgan fingerprint density at radius 1 is 0.923 bits per heavy atom. The zero-order valence-corrected chi connectivity index (χ0v) is 8.32. The second-order valence-corrected chi connectivity index (χ2v) is 2.21. The van der Waals surface area contributed by atoms with Gasteiger partial charge in [-0.1, -0.05) is 18.2 Å². The standard InChI is InChI=1S/C7H8O.C3H8O2/c1-8-7-5-3-2-4-6-7;1-4-3-5-2/h2-6H,1H3;3H2,1-2H3. The van der Waals surface area contributed by atoms with Crippen molar-refractivity contribution in [1.29, 1.82) is 0 Å². The molecule has 3 nitrogen and oxygen atoms in total. The Balaban J connectivity index is 0.000000252. The van der Waals surface area contributed by atoms with Crippen molar-refractivity contribution in [2.24, 2.45) is 0 Å². The van der Waals surface area contributed by atoms with Crippen LogP contribution in [0.15, 0.2) is 30.3 Å². The highest BCUT2D eigenvalue weighted by Gasteiger charge is 1.80. The number of hydrogen-bond donors (Lipinski definition) is 0. The van der Waals surface area contributed by atoms with Gasteiger partial charge in [0.2, 0.25) is 0 Å². The molecule has 0 fully saturated rings. The van der Waals surface area contributed by atoms with Gasteiger partial charge in [0.15, 0.2) is 0 Å². The summed E-state index contributed by atoms with van der Waals surface area (Å²) in [6.07, 6.45) is 0. The van der Waals surface area contributed by atoms with E-state index in [1.54, 1.807) is 21.3 Å². The van der Waals surface area contributed by atoms with Crippen molar-refractivity contribution in [3.05, 3.63) is 30.3 Å². The molecule has 0 radical (unpaired) electrons. The van der Waals surface area contributed by atoms with E-state index in [0.29, 0.717) is 6.79 Å². The Morgan fingerprint density at radius 3 is 1.69 bits per heavy atom. The summed E-state index contributed by atoms with van der Waals surface area (Å²) in [5.74, 6) is 0.910. The van der Waals surface area contributed by atoms with E-state index in [9.17, 15) is 0 Å². The summed E-state index contributed by atoms with van der Waals surface area (Å²) in [7, 11) is 4.84. The summed E-state index contributed by atoms with van der Waals surface area (Å²) in [5.41, 5.74) is 0. The lowest BCUT2D eigenvalue weighted by molar-refractivity contribution is -0.00271. The van der Waals surface area contributed by atoms with Crippen LogP contribution in [0.25, 0.3) is 0 Å². The fourth-order valence-corrected chi connectivity index (χ4v) is 0.674. The van der Waals surface area contributed by atoms with Gasteiger partial charge in [0.1, 0.15) is 12.5 Å². The predicted octanol–water partition coefficient (Wildman–Crippen LogP) is 1.93. The fourth-order valence-electron chi connectivity index (χ4n) is 0.674. The van der Waals surface area contributed by atoms with Crippen LogP contribution >= 0.6 is 0 Å². The van der Waals surface area contributed by atoms with Gasteiger partial charge in [-0.05, 0) is 12.1 Å². The van der Waals surface area contributed by atoms with E-state index in [4.69, 9.17) is 4.74 Å². The SMILES string of the molecule is COCOC.COc1ccccc1. The van der Waals surface area contributed by atoms with Crippen LogP contribution in [0.3, 0.4) is 0 Å². The van der Waals surface area contributed by atoms with E-state index in [0.717, 1.165) is 5.75 Å². The molecule has 0 aliphatic carbocycles. The Labute approximate surface area is 79.2 Å². The molecule has 0 unspecified atom stereocenters. The van der Waals surface area contributed by atoms with E-state index in [1.807, 2.05) is 30.3 Å². The number of para-hydroxylation sites is 1. The molecule has 0 bridgehead atoms. The third-order valence-electron chi connectivity index (χ3n) is 1.21. The molecule has 0 amide bonds. The molecule has 1 rings (SSSR count). The minimum absolute atomic E-state index is 0.389. The fraction of sp³-hybridized carbons (Fsp3) is 0.400. The van der Waals surface area contributed by atoms with Gasteiger partial charge in [-0.15, -0.1) is 0 Å². The summed E-state index contributed by atoms with van der Waals surface area (Å²) in [5, 5.41) is 0. The van der Waals surface area contributed by atoms with Crippen LogP contribution in [0.2, 0.25) is 0 Å². The molecular formula is C10H16O3. The van der Waals surface area contributed by atoms with Crippen molar-refractivity contribution in [3.8, 4) is 5.75 Å². The van der Waals surface area contributed by atoms with Gasteiger partial charge in [0.25, 0.3) is 0 Å². The summed E-state index contributed by atoms with van der Waals surface area (Å²) in [4.78, 5) is 0. The maximum absolute atomic E-state index is 4.91. The molecule has 13 heavy (non-hydrogen) atoms. The highest BCUT2D eigenvalue weighted by Crippen LogP contribution is 2.05. The first-order valence-corrected chi connectivity index (χ1v) is 3.92. The molecule has 0 saturated heterocycles. The molecule has 74 valence electrons. The molecule has 3 heteroatoms. The lowest BCUT2D eigenvalue weighted by Gasteiger charge is -1.93. The van der Waals surface area contributed by atoms with Crippen LogP contribution in [0.5, 0.6) is 5.75 Å². The van der Waals surface area contributed by atoms with Gasteiger partial charge in [-0.2, -0.15) is 0 Å². The second-order valence-electron chi connectivity index (χ2n) is 2.21. The third kappa shape index (κ3) is 7.31. The minimum atomic E-state index is 0.389. The molecule has 0 saturated carbocycles. The van der Waals surface area contributed by atoms with E-state index in [2.05, 4.69) is 9.47 Å². The summed E-state index contributed by atoms with van der Waals surface area (Å²) < 4.78 is 13.9. The van der Waals surface area contributed by atoms with Crippen LogP contribution in [-0.4, -0.2) is 28.1 Å². The van der Waals surface area contributed by atoms with E-state index in [-0.39, 0.29) is 0 Å². The number of benzene rings is 1. The molecule has 0 aromatic heterocycles. The van der Waals surface area contributed by atoms with Gasteiger partial charge in [-0.3, -0.25) is 0 Å². The Morgan fingerprint density at radius 2 is 1.46 bits per heavy atom. The summed E-state index contributed by atoms with van der Waals surface area (Å²) in [6, 6.07) is 9.68. The normalized spacial score (nSPS) is 8.54. The average molecular weight is 184 g/mol. The monoisotopic (exact) mass is 184 g/mol. The van der Waals surface area contributed by atoms with Gasteiger partial charge < -0.3 is 14.2 Å². The van der Waals surface area contributed by atoms with Crippen molar-refractivity contribution >= 4 is 0 Å². The molecule has 0 atom stereocenters. The van der Waals surface area contributed by atoms with Crippen molar-refractivity contribution in [2.75, 3.05) is 28.1 Å². The molecule has 0 aliphatic rings. The Hall–Kier alpha value is -1.06. The number of hydrogen-bond acceptors (Lipinski definition) is 3. The smallest absolute Gasteiger partial charge is 0.145 e. The zero-order valence-electron chi connectivity index (χ0n) is 8.32. The molecule has 0 spiro atoms. The van der Waals surface area contributed by atoms with Gasteiger partial charge in [0.05, 0.1) is 7.11 Å². The van der Waals surface area contributed by atoms with Crippen LogP contribution in [-0.2, 0) is 9.47 Å². The lowest BCUT2D eigenvalue weighted by Crippen LogP contribution is -1.87. The number of methoxy groups -OCH3 is 3. The number of ether oxygens (including phenoxy) is 3. The maximum atomic E-state index is 4.91. The van der Waals surface area contributed by atoms with Crippen molar-refractivity contribution in [3.63, 3.8) is 0 Å². The lowest BCUT2D eigenvalue weighted by atomic mass is 10.3. The van der Waals surface area contributed by atoms with Crippen molar-refractivity contribution in [1.82, 2.24) is 0 Å². The quantitative estimate of drug-likeness (QED) is 0.672. The van der Waals surface area contributed by atoms with Crippen LogP contribution in [0.4, 0.5) is 0 Å². The topological polar surface area (TPSA) is 27.7 Å². The summed E-state index contributed by atoms with van der Waals surface area (Å²) in [6.45, 7) is 0.389. The van der Waals surface area contributed by atoms with Crippen LogP contribution in [0.1, 0.15) is 0 Å². The first-order valence-electron chi connectivity index (χ1n) is 3.92. The third-order valence-corrected chi connectivity index (χ3v) is 1.21. The first-order chi connectivity index (χ1) is 6.35. The largest absolute Gasteiger partial charge is 0.497 e. The first kappa shape index (κ1) is 11.9. The molecule has 1 aromatic carbocycles. The second kappa shape index (κ2) is 9.03. The van der Waals surface area contributed by atoms with E-state index in [1.165, 1.54) is 0 Å². The Bertz CT molecular complexity index is 185. The van der Waals surface area contributed by atoms with Gasteiger partial charge in [0, 0.05) is 14.2 Å². The summed E-state index contributed by atoms with van der Waals surface area (Å²) >= 11 is 0. The van der Waals surface area contributed by atoms with Crippen LogP contribution in [0, 0.1) is 0 Å². The predicted molar refractivity (Wildman–Crippen MR) is 51.9 cm³/mol. The maximum Gasteiger partial charge on any atom is 0.145 e. The molecular weight excluding hydrogens is 168 g/mol. The zero-order chi connectivity index (χ0) is 9.94. The van der Waals surface area contributed by atoms with Gasteiger partial charge >= 0.3 is 0 Å². The molecule has 1 aromatic rings. The van der Waals surface area contributed by atoms with E-state index >= 15 is 0 Å². The molecule has 0 heterocycles. The minimum Gasteiger partial charge on any atom is -0.497 e. The average Bonchev–Trinajstić information content (AvgIpc) is 2.21. The highest BCUT2D eigenvalue weighted by atomic mass is 16.6. The molecule has 0 N–H and O–H groups in total. The highest BCUT2D eigenvalue weighted by molar-refractivity contribution is 5.20. The van der Waals surface area contributed by atoms with Crippen LogP contribution < -0.4 is 4.74 Å². The van der Waals surface area contributed by atoms with E-state index < -0.39 is 0 Å². The van der Waals surface area contributed by atoms with Crippen molar-refractivity contribution in [2.45, 2.75) is 0 Å². The molecule has 0 aliphatic heterocycles. The van der Waals surface area contributed by atoms with Gasteiger partial charge in [-0.25, -0.2) is 0 Å². The Kier molecular flexibility index (Phi) is 8.30. The van der Waals surface area contributed by atoms with Crippen molar-refractivity contribution < 1.29 is 14.2 Å².